The van der Waals surface area contributed by atoms with Gasteiger partial charge in [0.2, 0.25) is 0 Å². The van der Waals surface area contributed by atoms with Gasteiger partial charge in [-0.05, 0) is 12.8 Å². The van der Waals surface area contributed by atoms with E-state index < -0.39 is 9.84 Å². The lowest BCUT2D eigenvalue weighted by Gasteiger charge is -2.10. The zero-order valence-corrected chi connectivity index (χ0v) is 7.50. The number of hydrogen-bond donors (Lipinski definition) is 0. The second kappa shape index (κ2) is 2.29. The van der Waals surface area contributed by atoms with E-state index in [0.29, 0.717) is 17.1 Å². The fraction of sp³-hybridized carbons (Fsp3) is 0.667. The minimum Gasteiger partial charge on any atom is -0.237 e. The van der Waals surface area contributed by atoms with Crippen molar-refractivity contribution in [1.29, 1.82) is 0 Å². The molecular weight excluding hydrogens is 178 g/mol. The largest absolute Gasteiger partial charge is 0.237 e. The quantitative estimate of drug-likeness (QED) is 0.551. The van der Waals surface area contributed by atoms with E-state index in [1.54, 1.807) is 7.05 Å². The molecule has 0 saturated carbocycles. The molecule has 0 aromatic carbocycles. The Hall–Kier alpha value is -0.910. The molecule has 2 heterocycles. The summed E-state index contributed by atoms with van der Waals surface area (Å²) in [6, 6.07) is 0. The summed E-state index contributed by atoms with van der Waals surface area (Å²) >= 11 is 0. The third kappa shape index (κ3) is 0.945. The first-order valence-electron chi connectivity index (χ1n) is 3.72. The minimum atomic E-state index is -3.09. The van der Waals surface area contributed by atoms with E-state index in [0.717, 1.165) is 6.42 Å². The van der Waals surface area contributed by atoms with Gasteiger partial charge in [0.05, 0.1) is 5.75 Å². The van der Waals surface area contributed by atoms with Crippen molar-refractivity contribution < 1.29 is 8.42 Å². The van der Waals surface area contributed by atoms with Crippen LogP contribution in [0.5, 0.6) is 0 Å². The molecule has 0 saturated heterocycles. The highest BCUT2D eigenvalue weighted by molar-refractivity contribution is 7.91. The average Bonchev–Trinajstić information content (AvgIpc) is 2.32. The molecule has 0 N–H and O–H groups in total. The van der Waals surface area contributed by atoms with E-state index in [1.807, 2.05) is 0 Å². The Morgan fingerprint density at radius 1 is 1.50 bits per heavy atom. The van der Waals surface area contributed by atoms with Crippen molar-refractivity contribution in [3.05, 3.63) is 5.69 Å². The van der Waals surface area contributed by atoms with Crippen LogP contribution in [0, 0.1) is 0 Å². The molecule has 0 unspecified atom stereocenters. The Labute approximate surface area is 70.3 Å². The zero-order valence-electron chi connectivity index (χ0n) is 6.69. The first-order valence-corrected chi connectivity index (χ1v) is 5.38. The highest BCUT2D eigenvalue weighted by atomic mass is 32.2. The third-order valence-electron chi connectivity index (χ3n) is 1.96. The number of fused-ring (bicyclic) bond motifs is 1. The van der Waals surface area contributed by atoms with Gasteiger partial charge in [0.1, 0.15) is 5.69 Å². The lowest BCUT2D eigenvalue weighted by Crippen LogP contribution is -2.18. The second-order valence-electron chi connectivity index (χ2n) is 2.89. The van der Waals surface area contributed by atoms with Gasteiger partial charge in [0.15, 0.2) is 14.9 Å². The minimum absolute atomic E-state index is 0.223. The van der Waals surface area contributed by atoms with Gasteiger partial charge in [-0.3, -0.25) is 0 Å². The van der Waals surface area contributed by atoms with Gasteiger partial charge in [-0.25, -0.2) is 13.1 Å². The van der Waals surface area contributed by atoms with E-state index >= 15 is 0 Å². The van der Waals surface area contributed by atoms with Crippen LogP contribution >= 0.6 is 0 Å². The van der Waals surface area contributed by atoms with Crippen LogP contribution in [0.3, 0.4) is 0 Å². The van der Waals surface area contributed by atoms with Crippen LogP contribution in [-0.2, 0) is 23.3 Å². The summed E-state index contributed by atoms with van der Waals surface area (Å²) in [5, 5.41) is 7.77. The molecule has 1 aliphatic rings. The van der Waals surface area contributed by atoms with Gasteiger partial charge >= 0.3 is 0 Å². The van der Waals surface area contributed by atoms with Crippen LogP contribution in [-0.4, -0.2) is 29.2 Å². The topological polar surface area (TPSA) is 64.8 Å². The smallest absolute Gasteiger partial charge is 0.197 e. The Balaban J connectivity index is 2.72. The molecule has 0 atom stereocenters. The second-order valence-corrected chi connectivity index (χ2v) is 4.91. The summed E-state index contributed by atoms with van der Waals surface area (Å²) in [7, 11) is -1.49. The summed E-state index contributed by atoms with van der Waals surface area (Å²) in [5.74, 6) is 0.223. The molecule has 0 radical (unpaired) electrons. The fourth-order valence-corrected chi connectivity index (χ4v) is 3.11. The summed E-state index contributed by atoms with van der Waals surface area (Å²) < 4.78 is 24.2. The van der Waals surface area contributed by atoms with E-state index in [4.69, 9.17) is 0 Å². The van der Waals surface area contributed by atoms with Crippen LogP contribution in [0.1, 0.15) is 12.1 Å². The van der Waals surface area contributed by atoms with Crippen molar-refractivity contribution in [2.45, 2.75) is 17.9 Å². The van der Waals surface area contributed by atoms with E-state index in [9.17, 15) is 8.42 Å². The Morgan fingerprint density at radius 2 is 2.25 bits per heavy atom. The molecule has 1 aliphatic heterocycles. The van der Waals surface area contributed by atoms with Crippen molar-refractivity contribution in [2.75, 3.05) is 5.75 Å². The molecule has 6 heteroatoms. The van der Waals surface area contributed by atoms with Crippen LogP contribution < -0.4 is 0 Å². The highest BCUT2D eigenvalue weighted by Gasteiger charge is 2.28. The summed E-state index contributed by atoms with van der Waals surface area (Å²) in [5.41, 5.74) is 0.615. The van der Waals surface area contributed by atoms with Crippen molar-refractivity contribution in [3.63, 3.8) is 0 Å². The molecule has 66 valence electrons. The molecule has 1 aromatic heterocycles. The Bertz CT molecular complexity index is 406. The average molecular weight is 187 g/mol. The molecule has 2 rings (SSSR count). The molecule has 12 heavy (non-hydrogen) atoms. The number of aryl methyl sites for hydroxylation is 2. The van der Waals surface area contributed by atoms with Gasteiger partial charge in [0, 0.05) is 7.05 Å². The molecule has 0 bridgehead atoms. The number of sulfone groups is 1. The van der Waals surface area contributed by atoms with Crippen LogP contribution in [0.15, 0.2) is 5.03 Å². The van der Waals surface area contributed by atoms with Gasteiger partial charge in [-0.2, -0.15) is 0 Å². The summed E-state index contributed by atoms with van der Waals surface area (Å²) in [6.45, 7) is 0. The Morgan fingerprint density at radius 3 is 2.92 bits per heavy atom. The van der Waals surface area contributed by atoms with Crippen molar-refractivity contribution >= 4 is 9.84 Å². The molecule has 0 spiro atoms. The van der Waals surface area contributed by atoms with Gasteiger partial charge < -0.3 is 0 Å². The maximum absolute atomic E-state index is 11.5. The van der Waals surface area contributed by atoms with Crippen molar-refractivity contribution in [1.82, 2.24) is 15.0 Å². The first kappa shape index (κ1) is 7.72. The molecule has 0 fully saturated rings. The summed E-state index contributed by atoms with van der Waals surface area (Å²) in [4.78, 5) is 0. The van der Waals surface area contributed by atoms with Gasteiger partial charge in [0.25, 0.3) is 0 Å². The maximum atomic E-state index is 11.5. The van der Waals surface area contributed by atoms with E-state index in [-0.39, 0.29) is 5.75 Å². The summed E-state index contributed by atoms with van der Waals surface area (Å²) in [6.07, 6.45) is 1.39. The highest BCUT2D eigenvalue weighted by Crippen LogP contribution is 2.21. The fourth-order valence-electron chi connectivity index (χ4n) is 1.46. The van der Waals surface area contributed by atoms with Crippen LogP contribution in [0.4, 0.5) is 0 Å². The number of nitrogens with zero attached hydrogens (tertiary/aromatic N) is 3. The van der Waals surface area contributed by atoms with Crippen molar-refractivity contribution in [3.8, 4) is 0 Å². The van der Waals surface area contributed by atoms with E-state index in [2.05, 4.69) is 10.3 Å². The monoisotopic (exact) mass is 187 g/mol. The normalized spacial score (nSPS) is 20.4. The molecule has 0 amide bonds. The van der Waals surface area contributed by atoms with Gasteiger partial charge in [-0.15, -0.1) is 5.10 Å². The van der Waals surface area contributed by atoms with Gasteiger partial charge in [-0.1, -0.05) is 5.21 Å². The van der Waals surface area contributed by atoms with E-state index in [1.165, 1.54) is 4.68 Å². The third-order valence-corrected chi connectivity index (χ3v) is 3.88. The predicted octanol–water partition coefficient (Wildman–Crippen LogP) is -0.465. The number of aromatic nitrogens is 3. The molecule has 1 aromatic rings. The van der Waals surface area contributed by atoms with Crippen LogP contribution in [0.2, 0.25) is 0 Å². The number of rotatable bonds is 0. The molecular formula is C6H9N3O2S. The first-order chi connectivity index (χ1) is 5.61. The Kier molecular flexibility index (Phi) is 1.47. The lowest BCUT2D eigenvalue weighted by atomic mass is 10.3. The standard InChI is InChI=1S/C6H9N3O2S/c1-9-6-5(7-8-9)3-2-4-12(6,10)11/h2-4H2,1H3. The molecule has 0 aliphatic carbocycles. The zero-order chi connectivity index (χ0) is 8.77. The maximum Gasteiger partial charge on any atom is 0.197 e. The number of hydrogen-bond acceptors (Lipinski definition) is 4. The van der Waals surface area contributed by atoms with Crippen LogP contribution in [0.25, 0.3) is 0 Å². The SMILES string of the molecule is Cn1nnc2c1S(=O)(=O)CCC2. The molecule has 5 nitrogen and oxygen atoms in total. The lowest BCUT2D eigenvalue weighted by molar-refractivity contribution is 0.564. The predicted molar refractivity (Wildman–Crippen MR) is 41.4 cm³/mol. The van der Waals surface area contributed by atoms with Crippen molar-refractivity contribution in [2.24, 2.45) is 7.05 Å².